The van der Waals surface area contributed by atoms with E-state index >= 15 is 0 Å². The largest absolute Gasteiger partial charge is 0.392 e. The lowest BCUT2D eigenvalue weighted by Crippen LogP contribution is -2.57. The molecule has 2 rings (SSSR count). The molecule has 0 aromatic heterocycles. The van der Waals surface area contributed by atoms with Crippen LogP contribution in [-0.2, 0) is 4.79 Å². The third-order valence-electron chi connectivity index (χ3n) is 4.83. The number of hydrogen-bond acceptors (Lipinski definition) is 4. The standard InChI is InChI=1S/C15H28N4OS/c1-3-13(14(16)21)18-10-8-17(9-11-18)12(2)15(20)19-6-4-5-7-19/h12-13H,3-11H2,1-2H3,(H2,16,21). The quantitative estimate of drug-likeness (QED) is 0.757. The van der Waals surface area contributed by atoms with Crippen LogP contribution in [0.1, 0.15) is 33.1 Å². The molecule has 0 spiro atoms. The number of carbonyl (C=O) groups excluding carboxylic acids is 1. The maximum absolute atomic E-state index is 12.5. The van der Waals surface area contributed by atoms with Gasteiger partial charge in [-0.15, -0.1) is 0 Å². The van der Waals surface area contributed by atoms with E-state index in [-0.39, 0.29) is 12.1 Å². The molecule has 2 aliphatic rings. The molecular weight excluding hydrogens is 284 g/mol. The second-order valence-corrected chi connectivity index (χ2v) is 6.58. The predicted octanol–water partition coefficient (Wildman–Crippen LogP) is 0.680. The Kier molecular flexibility index (Phi) is 5.96. The van der Waals surface area contributed by atoms with Crippen molar-refractivity contribution in [1.82, 2.24) is 14.7 Å². The molecule has 5 nitrogen and oxygen atoms in total. The molecule has 0 radical (unpaired) electrons. The van der Waals surface area contributed by atoms with E-state index in [1.54, 1.807) is 0 Å². The Labute approximate surface area is 133 Å². The van der Waals surface area contributed by atoms with E-state index in [2.05, 4.69) is 16.7 Å². The molecule has 0 saturated carbocycles. The van der Waals surface area contributed by atoms with E-state index in [4.69, 9.17) is 18.0 Å². The van der Waals surface area contributed by atoms with Crippen LogP contribution < -0.4 is 5.73 Å². The van der Waals surface area contributed by atoms with Gasteiger partial charge in [-0.25, -0.2) is 0 Å². The molecule has 2 saturated heterocycles. The van der Waals surface area contributed by atoms with Gasteiger partial charge in [-0.1, -0.05) is 19.1 Å². The third-order valence-corrected chi connectivity index (χ3v) is 5.10. The average molecular weight is 312 g/mol. The van der Waals surface area contributed by atoms with Gasteiger partial charge in [0.2, 0.25) is 5.91 Å². The van der Waals surface area contributed by atoms with Gasteiger partial charge in [-0.05, 0) is 26.2 Å². The molecule has 2 atom stereocenters. The molecule has 1 amide bonds. The second kappa shape index (κ2) is 7.51. The summed E-state index contributed by atoms with van der Waals surface area (Å²) in [6, 6.07) is 0.196. The van der Waals surface area contributed by atoms with Gasteiger partial charge >= 0.3 is 0 Å². The molecule has 0 aromatic carbocycles. The molecule has 2 fully saturated rings. The lowest BCUT2D eigenvalue weighted by molar-refractivity contribution is -0.136. The topological polar surface area (TPSA) is 52.8 Å². The van der Waals surface area contributed by atoms with Crippen LogP contribution in [0.15, 0.2) is 0 Å². The fourth-order valence-corrected chi connectivity index (χ4v) is 3.75. The molecule has 2 N–H and O–H groups in total. The van der Waals surface area contributed by atoms with Crippen molar-refractivity contribution in [3.8, 4) is 0 Å². The number of rotatable bonds is 5. The van der Waals surface area contributed by atoms with Crippen LogP contribution in [0.2, 0.25) is 0 Å². The minimum Gasteiger partial charge on any atom is -0.392 e. The lowest BCUT2D eigenvalue weighted by Gasteiger charge is -2.41. The maximum atomic E-state index is 12.5. The SMILES string of the molecule is CCC(C(N)=S)N1CCN(C(C)C(=O)N2CCCC2)CC1. The monoisotopic (exact) mass is 312 g/mol. The number of carbonyl (C=O) groups is 1. The van der Waals surface area contributed by atoms with Crippen LogP contribution in [-0.4, -0.2) is 76.9 Å². The van der Waals surface area contributed by atoms with Gasteiger partial charge in [0, 0.05) is 39.3 Å². The highest BCUT2D eigenvalue weighted by Gasteiger charge is 2.31. The lowest BCUT2D eigenvalue weighted by atomic mass is 10.1. The van der Waals surface area contributed by atoms with Crippen LogP contribution >= 0.6 is 12.2 Å². The first-order chi connectivity index (χ1) is 10.0. The number of amides is 1. The van der Waals surface area contributed by atoms with Gasteiger partial charge in [0.15, 0.2) is 0 Å². The predicted molar refractivity (Wildman–Crippen MR) is 89.3 cm³/mol. The summed E-state index contributed by atoms with van der Waals surface area (Å²) in [7, 11) is 0. The van der Waals surface area contributed by atoms with Crippen LogP contribution in [0.5, 0.6) is 0 Å². The number of hydrogen-bond donors (Lipinski definition) is 1. The van der Waals surface area contributed by atoms with E-state index < -0.39 is 0 Å². The van der Waals surface area contributed by atoms with E-state index in [0.29, 0.717) is 10.9 Å². The summed E-state index contributed by atoms with van der Waals surface area (Å²) in [4.78, 5) is 19.7. The minimum atomic E-state index is -0.00449. The summed E-state index contributed by atoms with van der Waals surface area (Å²) in [5, 5.41) is 0. The fourth-order valence-electron chi connectivity index (χ4n) is 3.43. The molecule has 6 heteroatoms. The highest BCUT2D eigenvalue weighted by Crippen LogP contribution is 2.15. The summed E-state index contributed by atoms with van der Waals surface area (Å²) in [6.45, 7) is 9.74. The summed E-state index contributed by atoms with van der Waals surface area (Å²) >= 11 is 5.15. The Hall–Kier alpha value is -0.720. The molecule has 2 unspecified atom stereocenters. The van der Waals surface area contributed by atoms with Crippen molar-refractivity contribution in [2.75, 3.05) is 39.3 Å². The van der Waals surface area contributed by atoms with Crippen molar-refractivity contribution in [3.63, 3.8) is 0 Å². The first-order valence-electron chi connectivity index (χ1n) is 8.10. The highest BCUT2D eigenvalue weighted by atomic mass is 32.1. The van der Waals surface area contributed by atoms with E-state index in [1.807, 2.05) is 11.8 Å². The van der Waals surface area contributed by atoms with Crippen molar-refractivity contribution in [2.45, 2.75) is 45.2 Å². The normalized spacial score (nSPS) is 24.0. The molecule has 2 heterocycles. The maximum Gasteiger partial charge on any atom is 0.239 e. The zero-order valence-corrected chi connectivity index (χ0v) is 14.1. The van der Waals surface area contributed by atoms with Gasteiger partial charge < -0.3 is 10.6 Å². The number of likely N-dealkylation sites (tertiary alicyclic amines) is 1. The van der Waals surface area contributed by atoms with Crippen molar-refractivity contribution in [2.24, 2.45) is 5.73 Å². The van der Waals surface area contributed by atoms with Crippen molar-refractivity contribution in [1.29, 1.82) is 0 Å². The first kappa shape index (κ1) is 16.6. The van der Waals surface area contributed by atoms with Gasteiger partial charge in [0.1, 0.15) is 0 Å². The fraction of sp³-hybridized carbons (Fsp3) is 0.867. The van der Waals surface area contributed by atoms with Gasteiger partial charge in [-0.3, -0.25) is 14.6 Å². The first-order valence-corrected chi connectivity index (χ1v) is 8.51. The van der Waals surface area contributed by atoms with Crippen LogP contribution in [0.25, 0.3) is 0 Å². The Bertz CT molecular complexity index is 376. The summed E-state index contributed by atoms with van der Waals surface area (Å²) in [6.07, 6.45) is 3.26. The number of thiocarbonyl (C=S) groups is 1. The Balaban J connectivity index is 1.85. The molecule has 21 heavy (non-hydrogen) atoms. The Morgan fingerprint density at radius 1 is 1.10 bits per heavy atom. The van der Waals surface area contributed by atoms with E-state index in [0.717, 1.165) is 58.5 Å². The third kappa shape index (κ3) is 3.93. The Morgan fingerprint density at radius 3 is 2.10 bits per heavy atom. The van der Waals surface area contributed by atoms with E-state index in [1.165, 1.54) is 0 Å². The molecule has 0 aromatic rings. The highest BCUT2D eigenvalue weighted by molar-refractivity contribution is 7.80. The smallest absolute Gasteiger partial charge is 0.239 e. The summed E-state index contributed by atoms with van der Waals surface area (Å²) in [5.74, 6) is 0.294. The van der Waals surface area contributed by atoms with Gasteiger partial charge in [0.05, 0.1) is 17.1 Å². The van der Waals surface area contributed by atoms with Crippen molar-refractivity contribution < 1.29 is 4.79 Å². The number of nitrogens with two attached hydrogens (primary N) is 1. The summed E-state index contributed by atoms with van der Waals surface area (Å²) in [5.41, 5.74) is 5.82. The van der Waals surface area contributed by atoms with E-state index in [9.17, 15) is 4.79 Å². The summed E-state index contributed by atoms with van der Waals surface area (Å²) < 4.78 is 0. The Morgan fingerprint density at radius 2 is 1.62 bits per heavy atom. The molecular formula is C15H28N4OS. The second-order valence-electron chi connectivity index (χ2n) is 6.11. The average Bonchev–Trinajstić information content (AvgIpc) is 3.01. The molecule has 0 bridgehead atoms. The van der Waals surface area contributed by atoms with Crippen molar-refractivity contribution in [3.05, 3.63) is 0 Å². The van der Waals surface area contributed by atoms with Crippen LogP contribution in [0, 0.1) is 0 Å². The molecule has 2 aliphatic heterocycles. The van der Waals surface area contributed by atoms with Gasteiger partial charge in [-0.2, -0.15) is 0 Å². The number of nitrogens with zero attached hydrogens (tertiary/aromatic N) is 3. The van der Waals surface area contributed by atoms with Gasteiger partial charge in [0.25, 0.3) is 0 Å². The minimum absolute atomic E-state index is 0.00449. The van der Waals surface area contributed by atoms with Crippen LogP contribution in [0.3, 0.4) is 0 Å². The molecule has 120 valence electrons. The van der Waals surface area contributed by atoms with Crippen LogP contribution in [0.4, 0.5) is 0 Å². The number of piperazine rings is 1. The zero-order valence-electron chi connectivity index (χ0n) is 13.3. The molecule has 0 aliphatic carbocycles. The van der Waals surface area contributed by atoms with Crippen molar-refractivity contribution >= 4 is 23.1 Å². The zero-order chi connectivity index (χ0) is 15.4.